The summed E-state index contributed by atoms with van der Waals surface area (Å²) in [7, 11) is 0. The van der Waals surface area contributed by atoms with Crippen molar-refractivity contribution in [2.24, 2.45) is 11.3 Å². The van der Waals surface area contributed by atoms with Crippen LogP contribution in [0.4, 0.5) is 4.79 Å². The van der Waals surface area contributed by atoms with Crippen LogP contribution in [0, 0.1) is 18.3 Å². The zero-order valence-electron chi connectivity index (χ0n) is 15.9. The van der Waals surface area contributed by atoms with E-state index in [-0.39, 0.29) is 11.9 Å². The molecule has 0 unspecified atom stereocenters. The predicted octanol–water partition coefficient (Wildman–Crippen LogP) is 3.08. The SMILES string of the molecule is Cc1ccccc1CNC(=O)[C@]1(C)CCCN(C(=O)NCC(C)C)C1. The summed E-state index contributed by atoms with van der Waals surface area (Å²) in [6, 6.07) is 8.00. The standard InChI is InChI=1S/C20H31N3O2/c1-15(2)12-22-19(25)23-11-7-10-20(4,14-23)18(24)21-13-17-9-6-5-8-16(17)3/h5-6,8-9,15H,7,10-14H2,1-4H3,(H,21,24)(H,22,25)/t20-/m1/s1. The Kier molecular flexibility index (Phi) is 6.45. The molecule has 2 rings (SSSR count). The molecular weight excluding hydrogens is 314 g/mol. The first-order chi connectivity index (χ1) is 11.8. The van der Waals surface area contributed by atoms with Gasteiger partial charge in [0.05, 0.1) is 5.41 Å². The highest BCUT2D eigenvalue weighted by molar-refractivity contribution is 5.84. The molecule has 1 saturated heterocycles. The molecule has 0 spiro atoms. The van der Waals surface area contributed by atoms with Crippen molar-refractivity contribution in [3.63, 3.8) is 0 Å². The Bertz CT molecular complexity index is 615. The molecule has 3 amide bonds. The minimum atomic E-state index is -0.532. The molecule has 0 saturated carbocycles. The van der Waals surface area contributed by atoms with Crippen LogP contribution in [0.1, 0.15) is 44.7 Å². The fraction of sp³-hybridized carbons (Fsp3) is 0.600. The second kappa shape index (κ2) is 8.37. The fourth-order valence-corrected chi connectivity index (χ4v) is 3.20. The summed E-state index contributed by atoms with van der Waals surface area (Å²) in [5.74, 6) is 0.439. The second-order valence-electron chi connectivity index (χ2n) is 7.77. The molecule has 2 N–H and O–H groups in total. The summed E-state index contributed by atoms with van der Waals surface area (Å²) in [6.45, 7) is 10.5. The summed E-state index contributed by atoms with van der Waals surface area (Å²) in [4.78, 5) is 26.9. The molecular formula is C20H31N3O2. The van der Waals surface area contributed by atoms with Crippen LogP contribution in [0.5, 0.6) is 0 Å². The van der Waals surface area contributed by atoms with Gasteiger partial charge >= 0.3 is 6.03 Å². The second-order valence-corrected chi connectivity index (χ2v) is 7.77. The van der Waals surface area contributed by atoms with Gasteiger partial charge in [-0.2, -0.15) is 0 Å². The first-order valence-corrected chi connectivity index (χ1v) is 9.17. The molecule has 1 aliphatic rings. The number of hydrogen-bond acceptors (Lipinski definition) is 2. The maximum atomic E-state index is 12.8. The number of carbonyl (C=O) groups is 2. The zero-order chi connectivity index (χ0) is 18.4. The lowest BCUT2D eigenvalue weighted by atomic mass is 9.81. The molecule has 0 aromatic heterocycles. The Morgan fingerprint density at radius 3 is 2.64 bits per heavy atom. The van der Waals surface area contributed by atoms with Crippen molar-refractivity contribution in [2.45, 2.75) is 47.1 Å². The number of benzene rings is 1. The molecule has 1 aromatic rings. The number of nitrogens with one attached hydrogen (secondary N) is 2. The van der Waals surface area contributed by atoms with Gasteiger partial charge in [0, 0.05) is 26.2 Å². The van der Waals surface area contributed by atoms with Crippen molar-refractivity contribution >= 4 is 11.9 Å². The lowest BCUT2D eigenvalue weighted by Gasteiger charge is -2.39. The van der Waals surface area contributed by atoms with Gasteiger partial charge in [-0.05, 0) is 43.7 Å². The molecule has 5 nitrogen and oxygen atoms in total. The maximum absolute atomic E-state index is 12.8. The lowest BCUT2D eigenvalue weighted by Crippen LogP contribution is -2.54. The van der Waals surface area contributed by atoms with Crippen molar-refractivity contribution in [3.8, 4) is 0 Å². The van der Waals surface area contributed by atoms with Crippen molar-refractivity contribution in [1.82, 2.24) is 15.5 Å². The predicted molar refractivity (Wildman–Crippen MR) is 100 cm³/mol. The third-order valence-electron chi connectivity index (χ3n) is 4.89. The van der Waals surface area contributed by atoms with Crippen LogP contribution in [-0.4, -0.2) is 36.5 Å². The van der Waals surface area contributed by atoms with Gasteiger partial charge in [-0.1, -0.05) is 38.1 Å². The van der Waals surface area contributed by atoms with Gasteiger partial charge in [0.2, 0.25) is 5.91 Å². The number of rotatable bonds is 5. The van der Waals surface area contributed by atoms with Gasteiger partial charge in [-0.15, -0.1) is 0 Å². The smallest absolute Gasteiger partial charge is 0.317 e. The number of amides is 3. The minimum Gasteiger partial charge on any atom is -0.351 e. The van der Waals surface area contributed by atoms with Crippen LogP contribution in [-0.2, 0) is 11.3 Å². The van der Waals surface area contributed by atoms with Crippen molar-refractivity contribution in [2.75, 3.05) is 19.6 Å². The topological polar surface area (TPSA) is 61.4 Å². The Morgan fingerprint density at radius 2 is 1.96 bits per heavy atom. The van der Waals surface area contributed by atoms with Crippen molar-refractivity contribution < 1.29 is 9.59 Å². The van der Waals surface area contributed by atoms with Gasteiger partial charge in [0.1, 0.15) is 0 Å². The number of hydrogen-bond donors (Lipinski definition) is 2. The molecule has 1 atom stereocenters. The van der Waals surface area contributed by atoms with E-state index in [4.69, 9.17) is 0 Å². The number of urea groups is 1. The summed E-state index contributed by atoms with van der Waals surface area (Å²) in [5, 5.41) is 6.01. The van der Waals surface area contributed by atoms with E-state index >= 15 is 0 Å². The van der Waals surface area contributed by atoms with Gasteiger partial charge in [0.25, 0.3) is 0 Å². The molecule has 1 fully saturated rings. The third-order valence-corrected chi connectivity index (χ3v) is 4.89. The molecule has 0 aliphatic carbocycles. The fourth-order valence-electron chi connectivity index (χ4n) is 3.20. The first-order valence-electron chi connectivity index (χ1n) is 9.17. The van der Waals surface area contributed by atoms with Crippen LogP contribution >= 0.6 is 0 Å². The average Bonchev–Trinajstić information content (AvgIpc) is 2.58. The first kappa shape index (κ1) is 19.3. The van der Waals surface area contributed by atoms with E-state index in [0.29, 0.717) is 32.1 Å². The summed E-state index contributed by atoms with van der Waals surface area (Å²) < 4.78 is 0. The van der Waals surface area contributed by atoms with E-state index in [1.54, 1.807) is 4.90 Å². The average molecular weight is 345 g/mol. The van der Waals surface area contributed by atoms with E-state index < -0.39 is 5.41 Å². The van der Waals surface area contributed by atoms with Gasteiger partial charge < -0.3 is 15.5 Å². The third kappa shape index (κ3) is 5.21. The number of nitrogens with zero attached hydrogens (tertiary/aromatic N) is 1. The molecule has 5 heteroatoms. The number of carbonyl (C=O) groups excluding carboxylic acids is 2. The normalized spacial score (nSPS) is 20.4. The molecule has 0 bridgehead atoms. The van der Waals surface area contributed by atoms with Gasteiger partial charge in [0.15, 0.2) is 0 Å². The van der Waals surface area contributed by atoms with E-state index in [1.807, 2.05) is 38.1 Å². The highest BCUT2D eigenvalue weighted by Crippen LogP contribution is 2.30. The van der Waals surface area contributed by atoms with Gasteiger partial charge in [-0.25, -0.2) is 4.79 Å². The molecule has 138 valence electrons. The Labute approximate surface area is 151 Å². The molecule has 1 aromatic carbocycles. The molecule has 1 aliphatic heterocycles. The van der Waals surface area contributed by atoms with Crippen molar-refractivity contribution in [1.29, 1.82) is 0 Å². The summed E-state index contributed by atoms with van der Waals surface area (Å²) in [6.07, 6.45) is 1.66. The summed E-state index contributed by atoms with van der Waals surface area (Å²) in [5.41, 5.74) is 1.77. The largest absolute Gasteiger partial charge is 0.351 e. The van der Waals surface area contributed by atoms with Crippen LogP contribution in [0.15, 0.2) is 24.3 Å². The number of piperidine rings is 1. The maximum Gasteiger partial charge on any atom is 0.317 e. The van der Waals surface area contributed by atoms with E-state index in [9.17, 15) is 9.59 Å². The van der Waals surface area contributed by atoms with E-state index in [2.05, 4.69) is 24.5 Å². The van der Waals surface area contributed by atoms with E-state index in [0.717, 1.165) is 18.4 Å². The van der Waals surface area contributed by atoms with Crippen LogP contribution in [0.2, 0.25) is 0 Å². The lowest BCUT2D eigenvalue weighted by molar-refractivity contribution is -0.132. The zero-order valence-corrected chi connectivity index (χ0v) is 15.9. The van der Waals surface area contributed by atoms with Crippen LogP contribution in [0.3, 0.4) is 0 Å². The van der Waals surface area contributed by atoms with Crippen molar-refractivity contribution in [3.05, 3.63) is 35.4 Å². The Balaban J connectivity index is 1.93. The van der Waals surface area contributed by atoms with Gasteiger partial charge in [-0.3, -0.25) is 4.79 Å². The highest BCUT2D eigenvalue weighted by Gasteiger charge is 2.39. The minimum absolute atomic E-state index is 0.0251. The van der Waals surface area contributed by atoms with Crippen LogP contribution < -0.4 is 10.6 Å². The number of aryl methyl sites for hydroxylation is 1. The quantitative estimate of drug-likeness (QED) is 0.861. The van der Waals surface area contributed by atoms with E-state index in [1.165, 1.54) is 5.56 Å². The molecule has 1 heterocycles. The molecule has 25 heavy (non-hydrogen) atoms. The Morgan fingerprint density at radius 1 is 1.24 bits per heavy atom. The van der Waals surface area contributed by atoms with Crippen LogP contribution in [0.25, 0.3) is 0 Å². The Hall–Kier alpha value is -2.04. The molecule has 0 radical (unpaired) electrons. The number of likely N-dealkylation sites (tertiary alicyclic amines) is 1. The monoisotopic (exact) mass is 345 g/mol. The highest BCUT2D eigenvalue weighted by atomic mass is 16.2. The summed E-state index contributed by atoms with van der Waals surface area (Å²) >= 11 is 0.